The molecular weight excluding hydrogens is 410 g/mol. The van der Waals surface area contributed by atoms with Gasteiger partial charge < -0.3 is 24.8 Å². The van der Waals surface area contributed by atoms with Crippen LogP contribution in [0.15, 0.2) is 17.1 Å². The van der Waals surface area contributed by atoms with Gasteiger partial charge in [-0.3, -0.25) is 4.99 Å². The Labute approximate surface area is 168 Å². The van der Waals surface area contributed by atoms with Crippen molar-refractivity contribution in [1.29, 1.82) is 0 Å². The molecule has 162 valence electrons. The molecule has 1 aromatic rings. The van der Waals surface area contributed by atoms with E-state index in [2.05, 4.69) is 20.4 Å². The highest BCUT2D eigenvalue weighted by molar-refractivity contribution is 7.88. The van der Waals surface area contributed by atoms with Crippen molar-refractivity contribution in [1.82, 2.24) is 14.9 Å². The van der Waals surface area contributed by atoms with Crippen molar-refractivity contribution in [3.8, 4) is 17.2 Å². The van der Waals surface area contributed by atoms with Crippen LogP contribution in [0.2, 0.25) is 0 Å². The van der Waals surface area contributed by atoms with E-state index in [-0.39, 0.29) is 25.0 Å². The maximum atomic E-state index is 12.7. The van der Waals surface area contributed by atoms with Crippen molar-refractivity contribution in [2.24, 2.45) is 10.9 Å². The summed E-state index contributed by atoms with van der Waals surface area (Å²) < 4.78 is 65.2. The Morgan fingerprint density at radius 1 is 1.34 bits per heavy atom. The molecule has 0 saturated carbocycles. The highest BCUT2D eigenvalue weighted by Crippen LogP contribution is 2.38. The monoisotopic (exact) mass is 434 g/mol. The van der Waals surface area contributed by atoms with Crippen LogP contribution in [0.5, 0.6) is 17.2 Å². The lowest BCUT2D eigenvalue weighted by atomic mass is 10.1. The molecule has 1 fully saturated rings. The van der Waals surface area contributed by atoms with Crippen LogP contribution in [-0.2, 0) is 16.6 Å². The van der Waals surface area contributed by atoms with E-state index in [9.17, 15) is 17.2 Å². The topological polar surface area (TPSA) is 101 Å². The Bertz CT molecular complexity index is 866. The van der Waals surface area contributed by atoms with Gasteiger partial charge in [-0.1, -0.05) is 0 Å². The summed E-state index contributed by atoms with van der Waals surface area (Å²) in [5.41, 5.74) is 0.460. The zero-order chi connectivity index (χ0) is 21.0. The lowest BCUT2D eigenvalue weighted by Gasteiger charge is -2.17. The highest BCUT2D eigenvalue weighted by atomic mass is 32.2. The van der Waals surface area contributed by atoms with E-state index in [1.54, 1.807) is 13.1 Å². The molecule has 1 atom stereocenters. The highest BCUT2D eigenvalue weighted by Gasteiger charge is 2.28. The number of sulfonamides is 1. The van der Waals surface area contributed by atoms with Crippen LogP contribution in [0.3, 0.4) is 0 Å². The number of alkyl halides is 2. The lowest BCUT2D eigenvalue weighted by molar-refractivity contribution is -0.0505. The van der Waals surface area contributed by atoms with Crippen molar-refractivity contribution in [2.45, 2.75) is 19.6 Å². The molecule has 12 heteroatoms. The van der Waals surface area contributed by atoms with Crippen LogP contribution in [0, 0.1) is 5.92 Å². The number of fused-ring (bicyclic) bond motifs is 1. The summed E-state index contributed by atoms with van der Waals surface area (Å²) in [5, 5.41) is 6.18. The minimum atomic E-state index is -3.18. The summed E-state index contributed by atoms with van der Waals surface area (Å²) in [5.74, 6) is 1.42. The zero-order valence-corrected chi connectivity index (χ0v) is 17.0. The third-order valence-corrected chi connectivity index (χ3v) is 5.99. The van der Waals surface area contributed by atoms with Gasteiger partial charge in [0.1, 0.15) is 5.75 Å². The van der Waals surface area contributed by atoms with E-state index < -0.39 is 16.6 Å². The molecule has 1 unspecified atom stereocenters. The zero-order valence-electron chi connectivity index (χ0n) is 16.2. The lowest BCUT2D eigenvalue weighted by Crippen LogP contribution is -2.40. The van der Waals surface area contributed by atoms with E-state index in [1.807, 2.05) is 0 Å². The molecule has 29 heavy (non-hydrogen) atoms. The number of nitrogens with zero attached hydrogens (tertiary/aromatic N) is 2. The van der Waals surface area contributed by atoms with Crippen molar-refractivity contribution in [2.75, 3.05) is 39.7 Å². The predicted octanol–water partition coefficient (Wildman–Crippen LogP) is 0.963. The number of nitrogens with one attached hydrogen (secondary N) is 2. The van der Waals surface area contributed by atoms with Gasteiger partial charge >= 0.3 is 6.61 Å². The largest absolute Gasteiger partial charge is 0.454 e. The van der Waals surface area contributed by atoms with Crippen LogP contribution in [-0.4, -0.2) is 65.0 Å². The second-order valence-electron chi connectivity index (χ2n) is 6.77. The summed E-state index contributed by atoms with van der Waals surface area (Å²) in [6.07, 6.45) is 1.96. The number of benzene rings is 1. The maximum absolute atomic E-state index is 12.7. The maximum Gasteiger partial charge on any atom is 0.387 e. The molecule has 0 bridgehead atoms. The van der Waals surface area contributed by atoms with Gasteiger partial charge in [-0.25, -0.2) is 12.7 Å². The minimum Gasteiger partial charge on any atom is -0.454 e. The predicted molar refractivity (Wildman–Crippen MR) is 102 cm³/mol. The second kappa shape index (κ2) is 8.99. The summed E-state index contributed by atoms with van der Waals surface area (Å²) in [6, 6.07) is 2.96. The smallest absolute Gasteiger partial charge is 0.387 e. The molecule has 0 radical (unpaired) electrons. The van der Waals surface area contributed by atoms with Crippen LogP contribution >= 0.6 is 0 Å². The normalized spacial score (nSPS) is 19.6. The average Bonchev–Trinajstić information content (AvgIpc) is 3.29. The number of aliphatic imine (C=N–C) groups is 1. The molecule has 0 aliphatic carbocycles. The third-order valence-electron chi connectivity index (χ3n) is 4.72. The van der Waals surface area contributed by atoms with E-state index in [1.165, 1.54) is 16.6 Å². The Kier molecular flexibility index (Phi) is 6.63. The fourth-order valence-corrected chi connectivity index (χ4v) is 4.13. The van der Waals surface area contributed by atoms with Crippen molar-refractivity contribution < 1.29 is 31.4 Å². The number of halogens is 2. The molecule has 1 aromatic carbocycles. The number of hydrogen-bond donors (Lipinski definition) is 2. The van der Waals surface area contributed by atoms with Crippen LogP contribution in [0.25, 0.3) is 0 Å². The number of hydrogen-bond acceptors (Lipinski definition) is 6. The van der Waals surface area contributed by atoms with E-state index in [0.29, 0.717) is 42.7 Å². The molecule has 1 saturated heterocycles. The third kappa shape index (κ3) is 5.60. The number of rotatable bonds is 7. The molecule has 3 rings (SSSR count). The SMILES string of the molecule is CN=C(NCc1cc2c(cc1OC(F)F)OCO2)NCC1CCN(S(C)(=O)=O)C1. The van der Waals surface area contributed by atoms with E-state index in [4.69, 9.17) is 9.47 Å². The van der Waals surface area contributed by atoms with Crippen molar-refractivity contribution in [3.63, 3.8) is 0 Å². The first-order valence-corrected chi connectivity index (χ1v) is 10.9. The van der Waals surface area contributed by atoms with Gasteiger partial charge in [-0.2, -0.15) is 8.78 Å². The van der Waals surface area contributed by atoms with E-state index in [0.717, 1.165) is 6.42 Å². The molecule has 2 aliphatic rings. The Morgan fingerprint density at radius 3 is 2.69 bits per heavy atom. The number of ether oxygens (including phenoxy) is 3. The van der Waals surface area contributed by atoms with Gasteiger partial charge in [-0.05, 0) is 18.4 Å². The van der Waals surface area contributed by atoms with Crippen LogP contribution in [0.1, 0.15) is 12.0 Å². The van der Waals surface area contributed by atoms with Crippen LogP contribution < -0.4 is 24.8 Å². The molecule has 0 aromatic heterocycles. The first kappa shape index (κ1) is 21.4. The Morgan fingerprint density at radius 2 is 2.07 bits per heavy atom. The molecule has 9 nitrogen and oxygen atoms in total. The van der Waals surface area contributed by atoms with Gasteiger partial charge in [0.15, 0.2) is 17.5 Å². The quantitative estimate of drug-likeness (QED) is 0.487. The standard InChI is InChI=1S/C17H24F2N4O5S/c1-20-17(21-7-11-3-4-23(9-11)29(2,24)25)22-8-12-5-14-15(27-10-26-14)6-13(12)28-16(18)19/h5-6,11,16H,3-4,7-10H2,1-2H3,(H2,20,21,22). The molecule has 2 aliphatic heterocycles. The van der Waals surface area contributed by atoms with Gasteiger partial charge in [0.05, 0.1) is 6.26 Å². The summed E-state index contributed by atoms with van der Waals surface area (Å²) in [7, 11) is -1.60. The van der Waals surface area contributed by atoms with E-state index >= 15 is 0 Å². The van der Waals surface area contributed by atoms with Gasteiger partial charge in [0.2, 0.25) is 16.8 Å². The summed E-state index contributed by atoms with van der Waals surface area (Å²) in [4.78, 5) is 4.11. The summed E-state index contributed by atoms with van der Waals surface area (Å²) >= 11 is 0. The fraction of sp³-hybridized carbons (Fsp3) is 0.588. The molecule has 0 amide bonds. The Hall–Kier alpha value is -2.34. The first-order chi connectivity index (χ1) is 13.8. The number of guanidine groups is 1. The molecule has 2 heterocycles. The second-order valence-corrected chi connectivity index (χ2v) is 8.76. The molecular formula is C17H24F2N4O5S. The summed E-state index contributed by atoms with van der Waals surface area (Å²) in [6.45, 7) is -1.28. The van der Waals surface area contributed by atoms with Gasteiger partial charge in [0, 0.05) is 44.9 Å². The average molecular weight is 434 g/mol. The van der Waals surface area contributed by atoms with Crippen molar-refractivity contribution in [3.05, 3.63) is 17.7 Å². The van der Waals surface area contributed by atoms with Crippen molar-refractivity contribution >= 4 is 16.0 Å². The molecule has 0 spiro atoms. The van der Waals surface area contributed by atoms with Crippen LogP contribution in [0.4, 0.5) is 8.78 Å². The molecule has 2 N–H and O–H groups in total. The fourth-order valence-electron chi connectivity index (χ4n) is 3.21. The first-order valence-electron chi connectivity index (χ1n) is 9.03. The van der Waals surface area contributed by atoms with Gasteiger partial charge in [0.25, 0.3) is 0 Å². The Balaban J connectivity index is 1.57. The minimum absolute atomic E-state index is 0.00760. The van der Waals surface area contributed by atoms with Gasteiger partial charge in [-0.15, -0.1) is 0 Å².